The van der Waals surface area contributed by atoms with Crippen molar-refractivity contribution in [1.82, 2.24) is 4.57 Å². The summed E-state index contributed by atoms with van der Waals surface area (Å²) < 4.78 is 63.3. The Morgan fingerprint density at radius 2 is 1.90 bits per heavy atom. The van der Waals surface area contributed by atoms with Crippen LogP contribution < -0.4 is 24.4 Å². The van der Waals surface area contributed by atoms with Crippen molar-refractivity contribution in [1.29, 1.82) is 0 Å². The maximum atomic E-state index is 13.9. The summed E-state index contributed by atoms with van der Waals surface area (Å²) >= 11 is 1.09. The van der Waals surface area contributed by atoms with Crippen molar-refractivity contribution in [3.05, 3.63) is 102 Å². The number of allylic oxidation sites excluding steroid dienone is 1. The second-order valence-corrected chi connectivity index (χ2v) is 10.2. The first-order chi connectivity index (χ1) is 20.0. The standard InChI is InChI=1S/C30H25F3N2O6S/c1-5-40-28(37)25-16(2)34-29-35(26(25)21-11-9-19(38-3)14-23(21)39-4)27(36)24(42-29)15-20-10-12-22(41-20)17-7-6-8-18(13-17)30(31,32)33/h6-15,26H,5H2,1-4H3/b24-15-/t26-/m0/s1. The lowest BCUT2D eigenvalue weighted by atomic mass is 9.95. The first-order valence-electron chi connectivity index (χ1n) is 12.7. The van der Waals surface area contributed by atoms with Gasteiger partial charge in [0.2, 0.25) is 0 Å². The van der Waals surface area contributed by atoms with Gasteiger partial charge in [0.1, 0.15) is 29.1 Å². The van der Waals surface area contributed by atoms with Crippen molar-refractivity contribution in [2.75, 3.05) is 20.8 Å². The van der Waals surface area contributed by atoms with Crippen LogP contribution in [0.1, 0.15) is 36.8 Å². The number of carbonyl (C=O) groups excluding carboxylic acids is 1. The van der Waals surface area contributed by atoms with Crippen LogP contribution in [0.2, 0.25) is 0 Å². The summed E-state index contributed by atoms with van der Waals surface area (Å²) in [6, 6.07) is 12.0. The van der Waals surface area contributed by atoms with Gasteiger partial charge in [0.15, 0.2) is 4.80 Å². The molecule has 2 aromatic carbocycles. The summed E-state index contributed by atoms with van der Waals surface area (Å²) in [6.07, 6.45) is -3.00. The lowest BCUT2D eigenvalue weighted by Crippen LogP contribution is -2.40. The highest BCUT2D eigenvalue weighted by Gasteiger charge is 2.35. The van der Waals surface area contributed by atoms with Gasteiger partial charge in [-0.2, -0.15) is 13.2 Å². The van der Waals surface area contributed by atoms with Gasteiger partial charge in [-0.1, -0.05) is 23.5 Å². The molecule has 42 heavy (non-hydrogen) atoms. The molecule has 4 aromatic rings. The molecule has 1 atom stereocenters. The van der Waals surface area contributed by atoms with Gasteiger partial charge >= 0.3 is 12.1 Å². The fourth-order valence-electron chi connectivity index (χ4n) is 4.69. The van der Waals surface area contributed by atoms with Crippen LogP contribution >= 0.6 is 11.3 Å². The van der Waals surface area contributed by atoms with E-state index in [1.165, 1.54) is 43.1 Å². The number of benzene rings is 2. The van der Waals surface area contributed by atoms with Crippen LogP contribution in [-0.2, 0) is 15.7 Å². The first kappa shape index (κ1) is 28.9. The van der Waals surface area contributed by atoms with E-state index in [-0.39, 0.29) is 33.8 Å². The minimum absolute atomic E-state index is 0.124. The Bertz CT molecular complexity index is 1880. The third kappa shape index (κ3) is 5.37. The molecule has 0 spiro atoms. The maximum absolute atomic E-state index is 13.9. The van der Waals surface area contributed by atoms with E-state index in [2.05, 4.69) is 4.99 Å². The monoisotopic (exact) mass is 598 g/mol. The topological polar surface area (TPSA) is 92.3 Å². The number of methoxy groups -OCH3 is 2. The molecule has 0 unspecified atom stereocenters. The van der Waals surface area contributed by atoms with Gasteiger partial charge in [-0.3, -0.25) is 9.36 Å². The second kappa shape index (κ2) is 11.4. The average Bonchev–Trinajstić information content (AvgIpc) is 3.56. The van der Waals surface area contributed by atoms with Crippen molar-refractivity contribution >= 4 is 23.4 Å². The van der Waals surface area contributed by atoms with Crippen molar-refractivity contribution in [3.63, 3.8) is 0 Å². The number of rotatable bonds is 7. The molecule has 0 saturated heterocycles. The van der Waals surface area contributed by atoms with Crippen molar-refractivity contribution in [2.45, 2.75) is 26.1 Å². The molecule has 0 radical (unpaired) electrons. The fourth-order valence-corrected chi connectivity index (χ4v) is 5.72. The Morgan fingerprint density at radius 1 is 1.12 bits per heavy atom. The summed E-state index contributed by atoms with van der Waals surface area (Å²) in [5, 5.41) is 0. The number of hydrogen-bond donors (Lipinski definition) is 0. The Balaban J connectivity index is 1.64. The summed E-state index contributed by atoms with van der Waals surface area (Å²) in [7, 11) is 2.99. The van der Waals surface area contributed by atoms with E-state index in [4.69, 9.17) is 18.6 Å². The number of thiazole rings is 1. The fraction of sp³-hybridized carbons (Fsp3) is 0.233. The molecule has 1 aliphatic heterocycles. The Labute approximate surface area is 241 Å². The highest BCUT2D eigenvalue weighted by molar-refractivity contribution is 7.07. The number of fused-ring (bicyclic) bond motifs is 1. The minimum Gasteiger partial charge on any atom is -0.497 e. The molecule has 3 heterocycles. The lowest BCUT2D eigenvalue weighted by molar-refractivity contribution is -0.139. The highest BCUT2D eigenvalue weighted by Crippen LogP contribution is 2.38. The number of aromatic nitrogens is 1. The molecular formula is C30H25F3N2O6S. The van der Waals surface area contributed by atoms with Gasteiger partial charge in [0.05, 0.1) is 42.2 Å². The van der Waals surface area contributed by atoms with E-state index >= 15 is 0 Å². The van der Waals surface area contributed by atoms with Crippen molar-refractivity contribution < 1.29 is 36.6 Å². The number of esters is 1. The summed E-state index contributed by atoms with van der Waals surface area (Å²) in [5.41, 5.74) is 0.0827. The summed E-state index contributed by atoms with van der Waals surface area (Å²) in [6.45, 7) is 3.47. The van der Waals surface area contributed by atoms with Crippen LogP contribution in [-0.4, -0.2) is 31.4 Å². The molecule has 8 nitrogen and oxygen atoms in total. The Hall–Kier alpha value is -4.58. The van der Waals surface area contributed by atoms with Gasteiger partial charge in [-0.15, -0.1) is 0 Å². The first-order valence-corrected chi connectivity index (χ1v) is 13.6. The van der Waals surface area contributed by atoms with Gasteiger partial charge in [-0.25, -0.2) is 9.79 Å². The predicted octanol–water partition coefficient (Wildman–Crippen LogP) is 5.09. The van der Waals surface area contributed by atoms with Crippen LogP contribution in [0.4, 0.5) is 13.2 Å². The zero-order valence-corrected chi connectivity index (χ0v) is 23.8. The van der Waals surface area contributed by atoms with Crippen LogP contribution in [0.5, 0.6) is 11.5 Å². The normalized spacial score (nSPS) is 15.3. The third-order valence-corrected chi connectivity index (χ3v) is 7.61. The smallest absolute Gasteiger partial charge is 0.416 e. The van der Waals surface area contributed by atoms with E-state index in [0.29, 0.717) is 27.6 Å². The number of carbonyl (C=O) groups is 1. The zero-order valence-electron chi connectivity index (χ0n) is 22.9. The molecule has 0 saturated carbocycles. The Kier molecular flexibility index (Phi) is 7.83. The van der Waals surface area contributed by atoms with Crippen LogP contribution in [0.25, 0.3) is 17.4 Å². The zero-order chi connectivity index (χ0) is 30.2. The Morgan fingerprint density at radius 3 is 2.60 bits per heavy atom. The quantitative estimate of drug-likeness (QED) is 0.275. The maximum Gasteiger partial charge on any atom is 0.416 e. The van der Waals surface area contributed by atoms with E-state index in [1.807, 2.05) is 0 Å². The average molecular weight is 599 g/mol. The number of nitrogens with zero attached hydrogens (tertiary/aromatic N) is 2. The van der Waals surface area contributed by atoms with E-state index < -0.39 is 29.3 Å². The molecule has 0 aliphatic carbocycles. The third-order valence-electron chi connectivity index (χ3n) is 6.63. The molecule has 0 N–H and O–H groups in total. The van der Waals surface area contributed by atoms with Gasteiger partial charge in [0, 0.05) is 23.3 Å². The molecule has 0 fully saturated rings. The summed E-state index contributed by atoms with van der Waals surface area (Å²) in [4.78, 5) is 31.9. The second-order valence-electron chi connectivity index (χ2n) is 9.19. The molecule has 218 valence electrons. The number of hydrogen-bond acceptors (Lipinski definition) is 8. The van der Waals surface area contributed by atoms with Crippen molar-refractivity contribution in [2.24, 2.45) is 4.99 Å². The number of halogens is 3. The lowest BCUT2D eigenvalue weighted by Gasteiger charge is -2.26. The van der Waals surface area contributed by atoms with E-state index in [1.54, 1.807) is 38.1 Å². The SMILES string of the molecule is CCOC(=O)C1=C(C)N=c2s/c(=C\c3ccc(-c4cccc(C(F)(F)F)c4)o3)c(=O)n2[C@H]1c1ccc(OC)cc1OC. The van der Waals surface area contributed by atoms with Crippen LogP contribution in [0.3, 0.4) is 0 Å². The summed E-state index contributed by atoms with van der Waals surface area (Å²) in [5.74, 6) is 0.764. The van der Waals surface area contributed by atoms with Crippen LogP contribution in [0, 0.1) is 0 Å². The molecular weight excluding hydrogens is 573 g/mol. The van der Waals surface area contributed by atoms with Gasteiger partial charge in [0.25, 0.3) is 5.56 Å². The molecule has 2 aromatic heterocycles. The molecule has 12 heteroatoms. The molecule has 5 rings (SSSR count). The minimum atomic E-state index is -4.50. The number of ether oxygens (including phenoxy) is 3. The van der Waals surface area contributed by atoms with Crippen molar-refractivity contribution in [3.8, 4) is 22.8 Å². The number of furan rings is 1. The predicted molar refractivity (Wildman–Crippen MR) is 149 cm³/mol. The van der Waals surface area contributed by atoms with Gasteiger partial charge in [-0.05, 0) is 50.2 Å². The highest BCUT2D eigenvalue weighted by atomic mass is 32.1. The number of alkyl halides is 3. The largest absolute Gasteiger partial charge is 0.497 e. The molecule has 0 bridgehead atoms. The molecule has 1 aliphatic rings. The van der Waals surface area contributed by atoms with Crippen LogP contribution in [0.15, 0.2) is 80.1 Å². The van der Waals surface area contributed by atoms with E-state index in [0.717, 1.165) is 23.5 Å². The molecule has 0 amide bonds. The van der Waals surface area contributed by atoms with E-state index in [9.17, 15) is 22.8 Å². The van der Waals surface area contributed by atoms with Gasteiger partial charge < -0.3 is 18.6 Å².